The van der Waals surface area contributed by atoms with Crippen LogP contribution in [0.2, 0.25) is 0 Å². The third-order valence-electron chi connectivity index (χ3n) is 5.96. The molecular formula is C23H30N4O5S. The molecule has 1 amide bonds. The summed E-state index contributed by atoms with van der Waals surface area (Å²) in [5.74, 6) is 0.811. The van der Waals surface area contributed by atoms with E-state index in [4.69, 9.17) is 9.47 Å². The lowest BCUT2D eigenvalue weighted by atomic mass is 10.2. The maximum Gasteiger partial charge on any atom is 0.243 e. The van der Waals surface area contributed by atoms with Crippen LogP contribution in [0.15, 0.2) is 53.4 Å². The number of rotatable bonds is 7. The summed E-state index contributed by atoms with van der Waals surface area (Å²) in [5, 5.41) is 3.09. The number of methoxy groups -OCH3 is 1. The lowest BCUT2D eigenvalue weighted by Crippen LogP contribution is -2.50. The Bertz CT molecular complexity index is 1050. The smallest absolute Gasteiger partial charge is 0.243 e. The molecule has 0 saturated carbocycles. The van der Waals surface area contributed by atoms with Crippen molar-refractivity contribution in [1.29, 1.82) is 0 Å². The van der Waals surface area contributed by atoms with Gasteiger partial charge in [-0.15, -0.1) is 0 Å². The summed E-state index contributed by atoms with van der Waals surface area (Å²) in [6.45, 7) is 4.40. The fourth-order valence-corrected chi connectivity index (χ4v) is 5.45. The van der Waals surface area contributed by atoms with E-state index in [1.807, 2.05) is 29.2 Å². The first-order valence-corrected chi connectivity index (χ1v) is 12.5. The quantitative estimate of drug-likeness (QED) is 0.650. The third-order valence-corrected chi connectivity index (χ3v) is 7.85. The second kappa shape index (κ2) is 10.4. The Morgan fingerprint density at radius 1 is 1.00 bits per heavy atom. The fourth-order valence-electron chi connectivity index (χ4n) is 4.00. The van der Waals surface area contributed by atoms with Crippen molar-refractivity contribution >= 4 is 27.3 Å². The Balaban J connectivity index is 1.30. The van der Waals surface area contributed by atoms with Gasteiger partial charge in [0.2, 0.25) is 15.9 Å². The van der Waals surface area contributed by atoms with Gasteiger partial charge in [0.05, 0.1) is 31.8 Å². The van der Waals surface area contributed by atoms with Crippen LogP contribution in [-0.2, 0) is 19.6 Å². The summed E-state index contributed by atoms with van der Waals surface area (Å²) in [6.07, 6.45) is 0. The largest absolute Gasteiger partial charge is 0.497 e. The molecule has 0 atom stereocenters. The molecule has 1 N–H and O–H groups in total. The first-order valence-electron chi connectivity index (χ1n) is 11.1. The van der Waals surface area contributed by atoms with Crippen LogP contribution < -0.4 is 15.0 Å². The number of carbonyl (C=O) groups excluding carboxylic acids is 1. The number of benzene rings is 2. The molecule has 2 saturated heterocycles. The molecule has 2 aromatic carbocycles. The van der Waals surface area contributed by atoms with Gasteiger partial charge in [0.15, 0.2) is 0 Å². The summed E-state index contributed by atoms with van der Waals surface area (Å²) in [6, 6.07) is 14.5. The number of carbonyl (C=O) groups is 1. The van der Waals surface area contributed by atoms with Crippen LogP contribution in [0, 0.1) is 0 Å². The number of ether oxygens (including phenoxy) is 2. The van der Waals surface area contributed by atoms with Gasteiger partial charge in [-0.3, -0.25) is 4.79 Å². The molecular weight excluding hydrogens is 444 g/mol. The van der Waals surface area contributed by atoms with Crippen LogP contribution in [0.1, 0.15) is 0 Å². The van der Waals surface area contributed by atoms with E-state index >= 15 is 0 Å². The molecule has 2 heterocycles. The van der Waals surface area contributed by atoms with Crippen LogP contribution in [-0.4, -0.2) is 89.7 Å². The molecule has 0 aromatic heterocycles. The van der Waals surface area contributed by atoms with Gasteiger partial charge < -0.3 is 24.6 Å². The Labute approximate surface area is 194 Å². The lowest BCUT2D eigenvalue weighted by Gasteiger charge is -2.36. The summed E-state index contributed by atoms with van der Waals surface area (Å²) in [5.41, 5.74) is 1.72. The Hall–Kier alpha value is -2.82. The van der Waals surface area contributed by atoms with Gasteiger partial charge in [0.1, 0.15) is 5.75 Å². The van der Waals surface area contributed by atoms with Crippen LogP contribution >= 0.6 is 0 Å². The summed E-state index contributed by atoms with van der Waals surface area (Å²) < 4.78 is 37.6. The predicted octanol–water partition coefficient (Wildman–Crippen LogP) is 1.48. The van der Waals surface area contributed by atoms with Crippen molar-refractivity contribution in [2.45, 2.75) is 4.90 Å². The van der Waals surface area contributed by atoms with E-state index in [2.05, 4.69) is 10.2 Å². The van der Waals surface area contributed by atoms with Gasteiger partial charge in [-0.25, -0.2) is 8.42 Å². The van der Waals surface area contributed by atoms with E-state index in [1.54, 1.807) is 31.4 Å². The molecule has 2 aliphatic rings. The zero-order chi connectivity index (χ0) is 23.3. The highest BCUT2D eigenvalue weighted by Gasteiger charge is 2.26. The van der Waals surface area contributed by atoms with Crippen LogP contribution in [0.4, 0.5) is 11.4 Å². The number of sulfonamides is 1. The second-order valence-corrected chi connectivity index (χ2v) is 9.90. The Morgan fingerprint density at radius 3 is 2.36 bits per heavy atom. The zero-order valence-corrected chi connectivity index (χ0v) is 19.6. The Morgan fingerprint density at radius 2 is 1.70 bits per heavy atom. The third kappa shape index (κ3) is 5.58. The number of nitrogens with one attached hydrogen (secondary N) is 1. The number of hydrogen-bond acceptors (Lipinski definition) is 7. The number of nitrogens with zero attached hydrogens (tertiary/aromatic N) is 3. The van der Waals surface area contributed by atoms with E-state index in [0.29, 0.717) is 45.1 Å². The summed E-state index contributed by atoms with van der Waals surface area (Å²) >= 11 is 0. The van der Waals surface area contributed by atoms with Gasteiger partial charge in [-0.1, -0.05) is 6.07 Å². The van der Waals surface area contributed by atoms with E-state index in [1.165, 1.54) is 4.31 Å². The highest BCUT2D eigenvalue weighted by atomic mass is 32.2. The minimum absolute atomic E-state index is 0.00850. The molecule has 0 bridgehead atoms. The highest BCUT2D eigenvalue weighted by Crippen LogP contribution is 2.22. The monoisotopic (exact) mass is 474 g/mol. The van der Waals surface area contributed by atoms with Crippen molar-refractivity contribution < 1.29 is 22.7 Å². The van der Waals surface area contributed by atoms with Crippen LogP contribution in [0.25, 0.3) is 0 Å². The van der Waals surface area contributed by atoms with Crippen molar-refractivity contribution in [3.05, 3.63) is 48.5 Å². The number of hydrogen-bond donors (Lipinski definition) is 1. The zero-order valence-electron chi connectivity index (χ0n) is 18.8. The molecule has 2 aliphatic heterocycles. The average molecular weight is 475 g/mol. The maximum atomic E-state index is 12.9. The molecule has 0 aliphatic carbocycles. The Kier molecular flexibility index (Phi) is 7.36. The number of piperazine rings is 1. The molecule has 9 nitrogen and oxygen atoms in total. The van der Waals surface area contributed by atoms with Crippen molar-refractivity contribution in [2.75, 3.05) is 76.4 Å². The van der Waals surface area contributed by atoms with Crippen LogP contribution in [0.3, 0.4) is 0 Å². The van der Waals surface area contributed by atoms with Crippen molar-refractivity contribution in [2.24, 2.45) is 0 Å². The predicted molar refractivity (Wildman–Crippen MR) is 126 cm³/mol. The average Bonchev–Trinajstić information content (AvgIpc) is 2.88. The van der Waals surface area contributed by atoms with Crippen LogP contribution in [0.5, 0.6) is 5.75 Å². The number of amides is 1. The first-order chi connectivity index (χ1) is 16.0. The van der Waals surface area contributed by atoms with Gasteiger partial charge in [-0.05, 0) is 42.5 Å². The first kappa shape index (κ1) is 23.3. The van der Waals surface area contributed by atoms with Crippen molar-refractivity contribution in [3.63, 3.8) is 0 Å². The lowest BCUT2D eigenvalue weighted by molar-refractivity contribution is -0.129. The van der Waals surface area contributed by atoms with E-state index in [0.717, 1.165) is 24.5 Å². The molecule has 0 spiro atoms. The summed E-state index contributed by atoms with van der Waals surface area (Å²) in [4.78, 5) is 17.0. The molecule has 2 fully saturated rings. The normalized spacial score (nSPS) is 17.6. The van der Waals surface area contributed by atoms with E-state index in [-0.39, 0.29) is 17.3 Å². The molecule has 0 radical (unpaired) electrons. The second-order valence-electron chi connectivity index (χ2n) is 7.96. The molecule has 178 valence electrons. The molecule has 10 heteroatoms. The molecule has 4 rings (SSSR count). The highest BCUT2D eigenvalue weighted by molar-refractivity contribution is 7.89. The maximum absolute atomic E-state index is 12.9. The minimum atomic E-state index is -3.58. The number of morpholine rings is 1. The topological polar surface area (TPSA) is 91.4 Å². The number of anilines is 2. The van der Waals surface area contributed by atoms with Crippen molar-refractivity contribution in [1.82, 2.24) is 9.21 Å². The molecule has 0 unspecified atom stereocenters. The fraction of sp³-hybridized carbons (Fsp3) is 0.435. The van der Waals surface area contributed by atoms with Gasteiger partial charge in [0, 0.05) is 50.6 Å². The van der Waals surface area contributed by atoms with E-state index < -0.39 is 10.0 Å². The SMILES string of the molecule is COc1ccc(N2CCN(C(=O)CNc3cccc(S(=O)(=O)N4CCOCC4)c3)CC2)cc1. The minimum Gasteiger partial charge on any atom is -0.497 e. The van der Waals surface area contributed by atoms with Crippen molar-refractivity contribution in [3.8, 4) is 5.75 Å². The molecule has 2 aromatic rings. The van der Waals surface area contributed by atoms with Gasteiger partial charge in [-0.2, -0.15) is 4.31 Å². The van der Waals surface area contributed by atoms with Gasteiger partial charge in [0.25, 0.3) is 0 Å². The van der Waals surface area contributed by atoms with E-state index in [9.17, 15) is 13.2 Å². The summed E-state index contributed by atoms with van der Waals surface area (Å²) in [7, 11) is -1.93. The van der Waals surface area contributed by atoms with Gasteiger partial charge >= 0.3 is 0 Å². The standard InChI is InChI=1S/C23H30N4O5S/c1-31-21-7-5-20(6-8-21)25-9-11-26(12-10-25)23(28)18-24-19-3-2-4-22(17-19)33(29,30)27-13-15-32-16-14-27/h2-8,17,24H,9-16,18H2,1H3. The molecule has 33 heavy (non-hydrogen) atoms.